The Labute approximate surface area is 154 Å². The van der Waals surface area contributed by atoms with Crippen LogP contribution in [0.1, 0.15) is 54.2 Å². The number of anilines is 1. The zero-order chi connectivity index (χ0) is 17.1. The van der Waals surface area contributed by atoms with Crippen molar-refractivity contribution in [3.05, 3.63) is 82.5 Å². The molecule has 0 radical (unpaired) electrons. The topological polar surface area (TPSA) is 16.4 Å². The highest BCUT2D eigenvalue weighted by atomic mass is 16.3. The Balaban J connectivity index is 1.54. The van der Waals surface area contributed by atoms with Crippen LogP contribution in [0.25, 0.3) is 6.08 Å². The van der Waals surface area contributed by atoms with Gasteiger partial charge >= 0.3 is 0 Å². The van der Waals surface area contributed by atoms with Gasteiger partial charge in [-0.05, 0) is 49.8 Å². The molecule has 0 N–H and O–H groups in total. The van der Waals surface area contributed by atoms with Gasteiger partial charge in [-0.2, -0.15) is 0 Å². The Hall–Kier alpha value is -2.48. The molecule has 0 spiro atoms. The standard InChI is InChI=1S/C24H23NO/c1-2-8-16(9-3-1)25-20-12-6-4-11-19(20)23-21(25)15-14-18-17-10-5-7-13-22(17)26-24(18)23/h1-4,8-9,11,14-15,21,23H,5-7,10,12-13H2/t21-,23?/m0/s1. The molecule has 2 nitrogen and oxygen atoms in total. The molecule has 0 fully saturated rings. The van der Waals surface area contributed by atoms with Crippen LogP contribution in [0.4, 0.5) is 5.69 Å². The van der Waals surface area contributed by atoms with Gasteiger partial charge in [-0.25, -0.2) is 0 Å². The lowest BCUT2D eigenvalue weighted by Crippen LogP contribution is -2.33. The normalized spacial score (nSPS) is 25.8. The number of aryl methyl sites for hydroxylation is 1. The van der Waals surface area contributed by atoms with E-state index in [1.54, 1.807) is 0 Å². The van der Waals surface area contributed by atoms with Crippen molar-refractivity contribution in [2.75, 3.05) is 4.90 Å². The molecule has 0 bridgehead atoms. The Morgan fingerprint density at radius 2 is 1.85 bits per heavy atom. The highest BCUT2D eigenvalue weighted by molar-refractivity contribution is 5.72. The number of fused-ring (bicyclic) bond motifs is 6. The number of hydrogen-bond donors (Lipinski definition) is 0. The molecule has 1 aliphatic heterocycles. The molecule has 26 heavy (non-hydrogen) atoms. The van der Waals surface area contributed by atoms with E-state index < -0.39 is 0 Å². The van der Waals surface area contributed by atoms with Gasteiger partial charge in [0.25, 0.3) is 0 Å². The maximum absolute atomic E-state index is 6.53. The lowest BCUT2D eigenvalue weighted by molar-refractivity contribution is 0.423. The SMILES string of the molecule is C1=CC2=C(CC1)N(c1ccccc1)[C@H]1C=Cc3c(oc4c3CCCC4)C21. The van der Waals surface area contributed by atoms with Crippen molar-refractivity contribution < 1.29 is 4.42 Å². The van der Waals surface area contributed by atoms with E-state index in [-0.39, 0.29) is 0 Å². The summed E-state index contributed by atoms with van der Waals surface area (Å²) >= 11 is 0. The van der Waals surface area contributed by atoms with Gasteiger partial charge in [0.2, 0.25) is 0 Å². The summed E-state index contributed by atoms with van der Waals surface area (Å²) in [5.74, 6) is 2.82. The van der Waals surface area contributed by atoms with Crippen LogP contribution in [0.3, 0.4) is 0 Å². The third kappa shape index (κ3) is 1.93. The number of furan rings is 1. The molecule has 2 heteroatoms. The minimum atomic E-state index is 0.338. The van der Waals surface area contributed by atoms with Crippen LogP contribution in [-0.2, 0) is 12.8 Å². The van der Waals surface area contributed by atoms with Crippen molar-refractivity contribution >= 4 is 11.8 Å². The second-order valence-electron chi connectivity index (χ2n) is 7.86. The largest absolute Gasteiger partial charge is 0.464 e. The van der Waals surface area contributed by atoms with E-state index in [4.69, 9.17) is 4.42 Å². The molecule has 0 saturated heterocycles. The molecule has 2 aromatic rings. The van der Waals surface area contributed by atoms with Crippen molar-refractivity contribution in [2.24, 2.45) is 0 Å². The third-order valence-electron chi connectivity index (χ3n) is 6.46. The number of rotatable bonds is 1. The van der Waals surface area contributed by atoms with Gasteiger partial charge in [0.15, 0.2) is 0 Å². The molecule has 6 rings (SSSR count). The zero-order valence-corrected chi connectivity index (χ0v) is 14.9. The summed E-state index contributed by atoms with van der Waals surface area (Å²) in [4.78, 5) is 2.56. The predicted octanol–water partition coefficient (Wildman–Crippen LogP) is 5.76. The van der Waals surface area contributed by atoms with Crippen LogP contribution < -0.4 is 4.90 Å². The second kappa shape index (κ2) is 5.51. The molecule has 0 saturated carbocycles. The molecule has 4 aliphatic rings. The van der Waals surface area contributed by atoms with Gasteiger partial charge in [0, 0.05) is 28.9 Å². The first kappa shape index (κ1) is 14.7. The molecule has 2 heterocycles. The van der Waals surface area contributed by atoms with Crippen molar-refractivity contribution in [2.45, 2.75) is 50.5 Å². The van der Waals surface area contributed by atoms with E-state index in [1.807, 2.05) is 0 Å². The van der Waals surface area contributed by atoms with Crippen molar-refractivity contribution in [1.29, 1.82) is 0 Å². The van der Waals surface area contributed by atoms with Crippen molar-refractivity contribution in [1.82, 2.24) is 0 Å². The lowest BCUT2D eigenvalue weighted by Gasteiger charge is -2.32. The first-order valence-corrected chi connectivity index (χ1v) is 9.98. The highest BCUT2D eigenvalue weighted by Crippen LogP contribution is 2.52. The Kier molecular flexibility index (Phi) is 3.11. The Bertz CT molecular complexity index is 960. The smallest absolute Gasteiger partial charge is 0.121 e. The number of hydrogen-bond acceptors (Lipinski definition) is 2. The predicted molar refractivity (Wildman–Crippen MR) is 105 cm³/mol. The monoisotopic (exact) mass is 341 g/mol. The van der Waals surface area contributed by atoms with E-state index >= 15 is 0 Å². The zero-order valence-electron chi connectivity index (χ0n) is 14.9. The average Bonchev–Trinajstić information content (AvgIpc) is 3.24. The number of allylic oxidation sites excluding steroid dienone is 3. The summed E-state index contributed by atoms with van der Waals surface area (Å²) < 4.78 is 6.53. The maximum atomic E-state index is 6.53. The average molecular weight is 341 g/mol. The molecule has 1 unspecified atom stereocenters. The van der Waals surface area contributed by atoms with Crippen molar-refractivity contribution in [3.8, 4) is 0 Å². The molecule has 0 amide bonds. The molecular formula is C24H23NO. The van der Waals surface area contributed by atoms with Gasteiger partial charge < -0.3 is 9.32 Å². The van der Waals surface area contributed by atoms with Crippen LogP contribution in [0.2, 0.25) is 0 Å². The first-order valence-electron chi connectivity index (χ1n) is 9.98. The van der Waals surface area contributed by atoms with Gasteiger partial charge in [-0.3, -0.25) is 0 Å². The number of nitrogens with zero attached hydrogens (tertiary/aromatic N) is 1. The summed E-state index contributed by atoms with van der Waals surface area (Å²) in [7, 11) is 0. The van der Waals surface area contributed by atoms with Crippen molar-refractivity contribution in [3.63, 3.8) is 0 Å². The Morgan fingerprint density at radius 1 is 0.962 bits per heavy atom. The van der Waals surface area contributed by atoms with Crippen LogP contribution in [0.5, 0.6) is 0 Å². The molecule has 130 valence electrons. The summed E-state index contributed by atoms with van der Waals surface area (Å²) in [6.07, 6.45) is 16.6. The van der Waals surface area contributed by atoms with Gasteiger partial charge in [-0.1, -0.05) is 42.5 Å². The van der Waals surface area contributed by atoms with E-state index in [9.17, 15) is 0 Å². The quantitative estimate of drug-likeness (QED) is 0.655. The first-order chi connectivity index (χ1) is 12.9. The van der Waals surface area contributed by atoms with Crippen LogP contribution in [0.15, 0.2) is 64.2 Å². The van der Waals surface area contributed by atoms with E-state index in [0.717, 1.165) is 19.3 Å². The Morgan fingerprint density at radius 3 is 2.77 bits per heavy atom. The van der Waals surface area contributed by atoms with Crippen LogP contribution in [-0.4, -0.2) is 6.04 Å². The molecular weight excluding hydrogens is 318 g/mol. The van der Waals surface area contributed by atoms with E-state index in [1.165, 1.54) is 58.9 Å². The number of para-hydroxylation sites is 1. The minimum absolute atomic E-state index is 0.338. The lowest BCUT2D eigenvalue weighted by atomic mass is 9.82. The number of benzene rings is 1. The second-order valence-corrected chi connectivity index (χ2v) is 7.86. The molecule has 3 aliphatic carbocycles. The maximum Gasteiger partial charge on any atom is 0.121 e. The van der Waals surface area contributed by atoms with Crippen LogP contribution >= 0.6 is 0 Å². The van der Waals surface area contributed by atoms with Gasteiger partial charge in [0.05, 0.1) is 12.0 Å². The fraction of sp³-hybridized carbons (Fsp3) is 0.333. The van der Waals surface area contributed by atoms with Gasteiger partial charge in [-0.15, -0.1) is 0 Å². The summed E-state index contributed by atoms with van der Waals surface area (Å²) in [6.45, 7) is 0. The summed E-state index contributed by atoms with van der Waals surface area (Å²) in [6, 6.07) is 11.2. The summed E-state index contributed by atoms with van der Waals surface area (Å²) in [5, 5.41) is 0. The third-order valence-corrected chi connectivity index (χ3v) is 6.46. The van der Waals surface area contributed by atoms with E-state index in [2.05, 4.69) is 59.5 Å². The minimum Gasteiger partial charge on any atom is -0.464 e. The van der Waals surface area contributed by atoms with Crippen LogP contribution in [0, 0.1) is 0 Å². The van der Waals surface area contributed by atoms with Gasteiger partial charge in [0.1, 0.15) is 11.5 Å². The summed E-state index contributed by atoms with van der Waals surface area (Å²) in [5.41, 5.74) is 7.14. The van der Waals surface area contributed by atoms with E-state index in [0.29, 0.717) is 12.0 Å². The fourth-order valence-corrected chi connectivity index (χ4v) is 5.36. The fourth-order valence-electron chi connectivity index (χ4n) is 5.36. The molecule has 2 atom stereocenters. The highest BCUT2D eigenvalue weighted by Gasteiger charge is 2.45. The molecule has 1 aromatic carbocycles. The molecule has 1 aromatic heterocycles.